The third-order valence-electron chi connectivity index (χ3n) is 3.90. The molecule has 0 bridgehead atoms. The molecule has 1 atom stereocenters. The highest BCUT2D eigenvalue weighted by atomic mass is 16.5. The van der Waals surface area contributed by atoms with Gasteiger partial charge in [-0.25, -0.2) is 0 Å². The predicted molar refractivity (Wildman–Crippen MR) is 69.0 cm³/mol. The van der Waals surface area contributed by atoms with E-state index in [2.05, 4.69) is 23.3 Å². The number of aromatic nitrogens is 1. The molecule has 94 valence electrons. The molecule has 3 heteroatoms. The number of nitrogens with zero attached hydrogens (tertiary/aromatic N) is 1. The highest BCUT2D eigenvalue weighted by Crippen LogP contribution is 2.42. The van der Waals surface area contributed by atoms with Crippen LogP contribution in [0.25, 0.3) is 0 Å². The number of hydrogen-bond acceptors (Lipinski definition) is 3. The van der Waals surface area contributed by atoms with Crippen molar-refractivity contribution in [1.29, 1.82) is 0 Å². The Balaban J connectivity index is 2.32. The molecule has 1 saturated carbocycles. The predicted octanol–water partition coefficient (Wildman–Crippen LogP) is 2.61. The summed E-state index contributed by atoms with van der Waals surface area (Å²) in [6.45, 7) is 2.08. The molecule has 0 saturated heterocycles. The molecule has 0 aliphatic heterocycles. The SMILES string of the molecule is CNC(c1cncc(C)c1)C1(OC)CCCC1. The summed E-state index contributed by atoms with van der Waals surface area (Å²) in [5.74, 6) is 0. The highest BCUT2D eigenvalue weighted by molar-refractivity contribution is 5.23. The van der Waals surface area contributed by atoms with Crippen molar-refractivity contribution in [3.8, 4) is 0 Å². The molecule has 1 aliphatic rings. The number of nitrogens with one attached hydrogen (secondary N) is 1. The molecule has 1 aromatic heterocycles. The fraction of sp³-hybridized carbons (Fsp3) is 0.643. The summed E-state index contributed by atoms with van der Waals surface area (Å²) in [7, 11) is 3.84. The Bertz CT molecular complexity index is 372. The van der Waals surface area contributed by atoms with E-state index >= 15 is 0 Å². The van der Waals surface area contributed by atoms with Crippen LogP contribution < -0.4 is 5.32 Å². The van der Waals surface area contributed by atoms with E-state index in [-0.39, 0.29) is 11.6 Å². The van der Waals surface area contributed by atoms with Crippen LogP contribution in [0.4, 0.5) is 0 Å². The first-order valence-corrected chi connectivity index (χ1v) is 6.36. The van der Waals surface area contributed by atoms with Crippen molar-refractivity contribution in [2.24, 2.45) is 0 Å². The monoisotopic (exact) mass is 234 g/mol. The molecule has 1 N–H and O–H groups in total. The molecule has 0 amide bonds. The molecule has 0 spiro atoms. The summed E-state index contributed by atoms with van der Waals surface area (Å²) in [6.07, 6.45) is 8.61. The summed E-state index contributed by atoms with van der Waals surface area (Å²) < 4.78 is 5.86. The number of pyridine rings is 1. The normalized spacial score (nSPS) is 20.4. The lowest BCUT2D eigenvalue weighted by atomic mass is 9.87. The van der Waals surface area contributed by atoms with Gasteiger partial charge in [0.15, 0.2) is 0 Å². The third-order valence-corrected chi connectivity index (χ3v) is 3.90. The number of methoxy groups -OCH3 is 1. The average Bonchev–Trinajstić information content (AvgIpc) is 2.80. The van der Waals surface area contributed by atoms with Crippen molar-refractivity contribution in [3.63, 3.8) is 0 Å². The Morgan fingerprint density at radius 3 is 2.59 bits per heavy atom. The minimum absolute atomic E-state index is 0.0514. The van der Waals surface area contributed by atoms with Crippen molar-refractivity contribution >= 4 is 0 Å². The Morgan fingerprint density at radius 2 is 2.06 bits per heavy atom. The van der Waals surface area contributed by atoms with E-state index in [0.717, 1.165) is 12.8 Å². The van der Waals surface area contributed by atoms with Gasteiger partial charge in [-0.1, -0.05) is 18.9 Å². The second kappa shape index (κ2) is 5.15. The fourth-order valence-electron chi connectivity index (χ4n) is 3.05. The van der Waals surface area contributed by atoms with Gasteiger partial charge < -0.3 is 10.1 Å². The van der Waals surface area contributed by atoms with Crippen LogP contribution in [0.2, 0.25) is 0 Å². The van der Waals surface area contributed by atoms with Crippen molar-refractivity contribution in [2.75, 3.05) is 14.2 Å². The lowest BCUT2D eigenvalue weighted by Crippen LogP contribution is -2.42. The topological polar surface area (TPSA) is 34.2 Å². The molecular weight excluding hydrogens is 212 g/mol. The molecule has 1 heterocycles. The zero-order valence-corrected chi connectivity index (χ0v) is 11.0. The maximum Gasteiger partial charge on any atom is 0.0873 e. The lowest BCUT2D eigenvalue weighted by molar-refractivity contribution is -0.0349. The maximum absolute atomic E-state index is 5.86. The van der Waals surface area contributed by atoms with Crippen LogP contribution in [0.1, 0.15) is 42.9 Å². The summed E-state index contributed by atoms with van der Waals surface area (Å²) in [5.41, 5.74) is 2.38. The van der Waals surface area contributed by atoms with Crippen LogP contribution in [0.15, 0.2) is 18.5 Å². The van der Waals surface area contributed by atoms with Gasteiger partial charge in [0.2, 0.25) is 0 Å². The van der Waals surface area contributed by atoms with E-state index < -0.39 is 0 Å². The summed E-state index contributed by atoms with van der Waals surface area (Å²) >= 11 is 0. The largest absolute Gasteiger partial charge is 0.376 e. The van der Waals surface area contributed by atoms with Gasteiger partial charge in [0.1, 0.15) is 0 Å². The van der Waals surface area contributed by atoms with Crippen LogP contribution in [0, 0.1) is 6.92 Å². The van der Waals surface area contributed by atoms with Gasteiger partial charge in [0.25, 0.3) is 0 Å². The smallest absolute Gasteiger partial charge is 0.0873 e. The van der Waals surface area contributed by atoms with Crippen LogP contribution in [-0.4, -0.2) is 24.7 Å². The number of likely N-dealkylation sites (N-methyl/N-ethyl adjacent to an activating group) is 1. The van der Waals surface area contributed by atoms with Gasteiger partial charge in [-0.15, -0.1) is 0 Å². The Labute approximate surface area is 104 Å². The number of rotatable bonds is 4. The van der Waals surface area contributed by atoms with Crippen LogP contribution in [0.3, 0.4) is 0 Å². The number of hydrogen-bond donors (Lipinski definition) is 1. The van der Waals surface area contributed by atoms with Crippen molar-refractivity contribution < 1.29 is 4.74 Å². The van der Waals surface area contributed by atoms with Crippen molar-refractivity contribution in [1.82, 2.24) is 10.3 Å². The maximum atomic E-state index is 5.86. The Morgan fingerprint density at radius 1 is 1.35 bits per heavy atom. The first-order valence-electron chi connectivity index (χ1n) is 6.36. The van der Waals surface area contributed by atoms with E-state index in [1.54, 1.807) is 0 Å². The average molecular weight is 234 g/mol. The van der Waals surface area contributed by atoms with Gasteiger partial charge in [-0.05, 0) is 37.9 Å². The second-order valence-electron chi connectivity index (χ2n) is 4.99. The minimum atomic E-state index is -0.0514. The minimum Gasteiger partial charge on any atom is -0.376 e. The molecule has 2 rings (SSSR count). The van der Waals surface area contributed by atoms with Gasteiger partial charge in [0, 0.05) is 19.5 Å². The molecule has 1 unspecified atom stereocenters. The molecule has 1 aliphatic carbocycles. The first kappa shape index (κ1) is 12.5. The van der Waals surface area contributed by atoms with E-state index in [9.17, 15) is 0 Å². The number of ether oxygens (including phenoxy) is 1. The van der Waals surface area contributed by atoms with Gasteiger partial charge >= 0.3 is 0 Å². The summed E-state index contributed by atoms with van der Waals surface area (Å²) in [4.78, 5) is 4.29. The third kappa shape index (κ3) is 2.35. The molecule has 17 heavy (non-hydrogen) atoms. The summed E-state index contributed by atoms with van der Waals surface area (Å²) in [5, 5.41) is 3.41. The zero-order chi connectivity index (χ0) is 12.3. The van der Waals surface area contributed by atoms with Crippen LogP contribution in [0.5, 0.6) is 0 Å². The molecule has 1 fully saturated rings. The van der Waals surface area contributed by atoms with Crippen LogP contribution >= 0.6 is 0 Å². The van der Waals surface area contributed by atoms with E-state index in [1.165, 1.54) is 24.0 Å². The first-order chi connectivity index (χ1) is 8.22. The van der Waals surface area contributed by atoms with Gasteiger partial charge in [-0.3, -0.25) is 4.98 Å². The highest BCUT2D eigenvalue weighted by Gasteiger charge is 2.41. The van der Waals surface area contributed by atoms with Crippen molar-refractivity contribution in [3.05, 3.63) is 29.6 Å². The van der Waals surface area contributed by atoms with Crippen LogP contribution in [-0.2, 0) is 4.74 Å². The Kier molecular flexibility index (Phi) is 3.79. The molecular formula is C14H22N2O. The van der Waals surface area contributed by atoms with Gasteiger partial charge in [0.05, 0.1) is 11.6 Å². The van der Waals surface area contributed by atoms with E-state index in [4.69, 9.17) is 4.74 Å². The summed E-state index contributed by atoms with van der Waals surface area (Å²) in [6, 6.07) is 2.44. The van der Waals surface area contributed by atoms with E-state index in [1.807, 2.05) is 26.6 Å². The van der Waals surface area contributed by atoms with E-state index in [0.29, 0.717) is 0 Å². The standard InChI is InChI=1S/C14H22N2O/c1-11-8-12(10-16-9-11)13(15-2)14(17-3)6-4-5-7-14/h8-10,13,15H,4-7H2,1-3H3. The molecule has 0 aromatic carbocycles. The Hall–Kier alpha value is -0.930. The molecule has 0 radical (unpaired) electrons. The molecule has 3 nitrogen and oxygen atoms in total. The lowest BCUT2D eigenvalue weighted by Gasteiger charge is -2.36. The second-order valence-corrected chi connectivity index (χ2v) is 4.99. The number of aryl methyl sites for hydroxylation is 1. The quantitative estimate of drug-likeness (QED) is 0.869. The fourth-order valence-corrected chi connectivity index (χ4v) is 3.05. The zero-order valence-electron chi connectivity index (χ0n) is 11.0. The van der Waals surface area contributed by atoms with Crippen molar-refractivity contribution in [2.45, 2.75) is 44.2 Å². The van der Waals surface area contributed by atoms with Gasteiger partial charge in [-0.2, -0.15) is 0 Å². The molecule has 1 aromatic rings.